The number of aryl methyl sites for hydroxylation is 1. The van der Waals surface area contributed by atoms with Crippen LogP contribution in [0.5, 0.6) is 11.5 Å². The van der Waals surface area contributed by atoms with Gasteiger partial charge >= 0.3 is 12.4 Å². The number of hydrogen-bond acceptors (Lipinski definition) is 3. The fraction of sp³-hybridized carbons (Fsp3) is 0.226. The van der Waals surface area contributed by atoms with Crippen LogP contribution >= 0.6 is 11.6 Å². The minimum atomic E-state index is -4.76. The first kappa shape index (κ1) is 31.2. The van der Waals surface area contributed by atoms with E-state index in [2.05, 4.69) is 0 Å². The Balaban J connectivity index is 1.72. The van der Waals surface area contributed by atoms with Gasteiger partial charge in [-0.1, -0.05) is 42.8 Å². The lowest BCUT2D eigenvalue weighted by atomic mass is 10.0. The topological polar surface area (TPSA) is 32.7 Å². The van der Waals surface area contributed by atoms with Gasteiger partial charge in [-0.05, 0) is 72.1 Å². The predicted octanol–water partition coefficient (Wildman–Crippen LogP) is 9.61. The zero-order chi connectivity index (χ0) is 30.7. The van der Waals surface area contributed by atoms with Crippen LogP contribution in [0, 0.1) is 5.82 Å². The first-order valence-corrected chi connectivity index (χ1v) is 13.1. The van der Waals surface area contributed by atoms with Crippen LogP contribution in [0.4, 0.5) is 36.4 Å². The van der Waals surface area contributed by atoms with Gasteiger partial charge < -0.3 is 14.7 Å². The minimum Gasteiger partial charge on any atom is -0.457 e. The summed E-state index contributed by atoms with van der Waals surface area (Å²) in [6.07, 6.45) is -10.6. The summed E-state index contributed by atoms with van der Waals surface area (Å²) in [5.41, 5.74) is -1.85. The molecule has 4 aromatic rings. The molecule has 1 atom stereocenters. The van der Waals surface area contributed by atoms with E-state index < -0.39 is 54.1 Å². The van der Waals surface area contributed by atoms with Crippen molar-refractivity contribution < 1.29 is 40.6 Å². The summed E-state index contributed by atoms with van der Waals surface area (Å²) < 4.78 is 102. The average Bonchev–Trinajstić information content (AvgIpc) is 2.93. The van der Waals surface area contributed by atoms with Gasteiger partial charge in [0, 0.05) is 35.4 Å². The first-order chi connectivity index (χ1) is 19.8. The van der Waals surface area contributed by atoms with Crippen molar-refractivity contribution in [2.45, 2.75) is 38.3 Å². The van der Waals surface area contributed by atoms with E-state index in [0.717, 1.165) is 17.7 Å². The molecule has 0 aromatic heterocycles. The molecule has 42 heavy (non-hydrogen) atoms. The van der Waals surface area contributed by atoms with E-state index in [1.165, 1.54) is 29.2 Å². The molecule has 1 N–H and O–H groups in total. The lowest BCUT2D eigenvalue weighted by Gasteiger charge is -2.29. The third-order valence-electron chi connectivity index (χ3n) is 6.57. The van der Waals surface area contributed by atoms with Gasteiger partial charge in [0.2, 0.25) is 0 Å². The van der Waals surface area contributed by atoms with E-state index in [0.29, 0.717) is 35.4 Å². The summed E-state index contributed by atoms with van der Waals surface area (Å²) in [5, 5.41) is 11.5. The molecule has 0 radical (unpaired) electrons. The number of aliphatic hydroxyl groups is 1. The van der Waals surface area contributed by atoms with Crippen LogP contribution < -0.4 is 9.64 Å². The first-order valence-electron chi connectivity index (χ1n) is 12.8. The number of hydrogen-bond donors (Lipinski definition) is 1. The lowest BCUT2D eigenvalue weighted by Crippen LogP contribution is -2.29. The number of rotatable bonds is 9. The lowest BCUT2D eigenvalue weighted by molar-refractivity contribution is -0.139. The molecule has 0 spiro atoms. The Kier molecular flexibility index (Phi) is 9.37. The Bertz CT molecular complexity index is 1540. The summed E-state index contributed by atoms with van der Waals surface area (Å²) in [7, 11) is 0. The van der Waals surface area contributed by atoms with Gasteiger partial charge in [0.25, 0.3) is 0 Å². The summed E-state index contributed by atoms with van der Waals surface area (Å²) in [6, 6.07) is 17.6. The maximum atomic E-state index is 14.7. The number of anilines is 1. The van der Waals surface area contributed by atoms with Crippen LogP contribution in [-0.2, 0) is 25.3 Å². The number of alkyl halides is 6. The Morgan fingerprint density at radius 3 is 2.21 bits per heavy atom. The van der Waals surface area contributed by atoms with Gasteiger partial charge in [-0.25, -0.2) is 4.39 Å². The van der Waals surface area contributed by atoms with Crippen LogP contribution in [0.3, 0.4) is 0 Å². The Morgan fingerprint density at radius 1 is 0.810 bits per heavy atom. The Labute approximate surface area is 242 Å². The predicted molar refractivity (Wildman–Crippen MR) is 146 cm³/mol. The Hall–Kier alpha value is -3.76. The van der Waals surface area contributed by atoms with Crippen molar-refractivity contribution in [2.75, 3.05) is 11.4 Å². The van der Waals surface area contributed by atoms with Crippen LogP contribution in [0.2, 0.25) is 5.02 Å². The number of halogens is 8. The third kappa shape index (κ3) is 7.54. The average molecular weight is 612 g/mol. The molecule has 222 valence electrons. The molecular weight excluding hydrogens is 587 g/mol. The van der Waals surface area contributed by atoms with Gasteiger partial charge in [-0.15, -0.1) is 0 Å². The van der Waals surface area contributed by atoms with Crippen molar-refractivity contribution in [3.8, 4) is 11.5 Å². The molecule has 0 saturated heterocycles. The molecule has 4 aromatic carbocycles. The van der Waals surface area contributed by atoms with Crippen LogP contribution in [0.15, 0.2) is 84.9 Å². The number of benzene rings is 4. The van der Waals surface area contributed by atoms with E-state index >= 15 is 0 Å². The van der Waals surface area contributed by atoms with E-state index in [-0.39, 0.29) is 17.0 Å². The highest BCUT2D eigenvalue weighted by molar-refractivity contribution is 6.31. The number of aliphatic hydroxyl groups excluding tert-OH is 1. The normalized spacial score (nSPS) is 12.7. The second kappa shape index (κ2) is 12.6. The molecule has 0 aliphatic carbocycles. The van der Waals surface area contributed by atoms with Crippen molar-refractivity contribution in [1.29, 1.82) is 0 Å². The molecule has 0 saturated carbocycles. The van der Waals surface area contributed by atoms with Gasteiger partial charge in [0.15, 0.2) is 0 Å². The monoisotopic (exact) mass is 611 g/mol. The molecule has 0 fully saturated rings. The molecule has 0 heterocycles. The molecule has 0 amide bonds. The number of nitrogens with zero attached hydrogens (tertiary/aromatic N) is 1. The number of ether oxygens (including phenoxy) is 1. The summed E-state index contributed by atoms with van der Waals surface area (Å²) in [6.45, 7) is 0.914. The molecule has 4 rings (SSSR count). The molecule has 3 nitrogen and oxygen atoms in total. The van der Waals surface area contributed by atoms with Gasteiger partial charge in [-0.3, -0.25) is 0 Å². The third-order valence-corrected chi connectivity index (χ3v) is 6.94. The van der Waals surface area contributed by atoms with E-state index in [4.69, 9.17) is 16.3 Å². The maximum Gasteiger partial charge on any atom is 0.416 e. The zero-order valence-electron chi connectivity index (χ0n) is 22.1. The molecule has 0 aliphatic heterocycles. The molecule has 0 bridgehead atoms. The van der Waals surface area contributed by atoms with Crippen molar-refractivity contribution in [1.82, 2.24) is 0 Å². The van der Waals surface area contributed by atoms with Crippen LogP contribution in [0.25, 0.3) is 0 Å². The van der Waals surface area contributed by atoms with E-state index in [1.807, 2.05) is 6.92 Å². The zero-order valence-corrected chi connectivity index (χ0v) is 22.9. The van der Waals surface area contributed by atoms with Gasteiger partial charge in [-0.2, -0.15) is 26.3 Å². The quantitative estimate of drug-likeness (QED) is 0.191. The SMILES string of the molecule is CCc1cc(Oc2cccc(N(Cc3cc(C(F)(F)F)ccc3F)CC(O)c3ccccc3C(F)(F)F)c2)ccc1Cl. The fourth-order valence-corrected chi connectivity index (χ4v) is 4.71. The highest BCUT2D eigenvalue weighted by atomic mass is 35.5. The summed E-state index contributed by atoms with van der Waals surface area (Å²) in [5.74, 6) is -0.210. The standard InChI is InChI=1S/C31H25ClF7NO2/c1-2-19-15-24(11-12-27(19)32)42-23-7-5-6-22(16-23)40(17-20-14-21(30(34,35)36)10-13-28(20)33)18-29(41)25-8-3-4-9-26(25)31(37,38)39/h3-16,29,41H,2,17-18H2,1H3. The molecule has 1 unspecified atom stereocenters. The van der Waals surface area contributed by atoms with Crippen molar-refractivity contribution in [3.05, 3.63) is 124 Å². The van der Waals surface area contributed by atoms with Crippen LogP contribution in [-0.4, -0.2) is 11.7 Å². The highest BCUT2D eigenvalue weighted by Crippen LogP contribution is 2.37. The molecular formula is C31H25ClF7NO2. The maximum absolute atomic E-state index is 14.7. The van der Waals surface area contributed by atoms with E-state index in [9.17, 15) is 35.8 Å². The van der Waals surface area contributed by atoms with Crippen molar-refractivity contribution in [3.63, 3.8) is 0 Å². The summed E-state index contributed by atoms with van der Waals surface area (Å²) in [4.78, 5) is 1.29. The molecule has 0 aliphatic rings. The fourth-order valence-electron chi connectivity index (χ4n) is 4.46. The van der Waals surface area contributed by atoms with Gasteiger partial charge in [0.1, 0.15) is 17.3 Å². The van der Waals surface area contributed by atoms with Crippen molar-refractivity contribution >= 4 is 17.3 Å². The highest BCUT2D eigenvalue weighted by Gasteiger charge is 2.35. The second-order valence-electron chi connectivity index (χ2n) is 9.49. The van der Waals surface area contributed by atoms with Crippen molar-refractivity contribution in [2.24, 2.45) is 0 Å². The largest absolute Gasteiger partial charge is 0.457 e. The van der Waals surface area contributed by atoms with Crippen LogP contribution in [0.1, 0.15) is 40.8 Å². The summed E-state index contributed by atoms with van der Waals surface area (Å²) >= 11 is 6.18. The van der Waals surface area contributed by atoms with Gasteiger partial charge in [0.05, 0.1) is 17.2 Å². The van der Waals surface area contributed by atoms with E-state index in [1.54, 1.807) is 30.3 Å². The second-order valence-corrected chi connectivity index (χ2v) is 9.90. The smallest absolute Gasteiger partial charge is 0.416 e. The Morgan fingerprint density at radius 2 is 1.52 bits per heavy atom. The minimum absolute atomic E-state index is 0.262. The molecule has 11 heteroatoms.